The number of esters is 1. The lowest BCUT2D eigenvalue weighted by atomic mass is 10.1. The van der Waals surface area contributed by atoms with Crippen LogP contribution in [0.5, 0.6) is 0 Å². The summed E-state index contributed by atoms with van der Waals surface area (Å²) in [6, 6.07) is 20.6. The topological polar surface area (TPSA) is 29.5 Å². The third kappa shape index (κ3) is 4.71. The summed E-state index contributed by atoms with van der Waals surface area (Å²) < 4.78 is 5.12. The highest BCUT2D eigenvalue weighted by molar-refractivity contribution is 5.71. The molecule has 0 radical (unpaired) electrons. The van der Waals surface area contributed by atoms with E-state index < -0.39 is 0 Å². The minimum absolute atomic E-state index is 0.144. The predicted octanol–water partition coefficient (Wildman–Crippen LogP) is 3.81. The third-order valence-electron chi connectivity index (χ3n) is 3.70. The Morgan fingerprint density at radius 3 is 2.23 bits per heavy atom. The Kier molecular flexibility index (Phi) is 6.16. The van der Waals surface area contributed by atoms with E-state index in [2.05, 4.69) is 36.1 Å². The van der Waals surface area contributed by atoms with E-state index in [0.29, 0.717) is 13.2 Å². The molecule has 2 rings (SSSR count). The van der Waals surface area contributed by atoms with E-state index in [1.165, 1.54) is 11.1 Å². The number of rotatable bonds is 7. The summed E-state index contributed by atoms with van der Waals surface area (Å²) in [5.41, 5.74) is 2.39. The van der Waals surface area contributed by atoms with Crippen molar-refractivity contribution in [2.75, 3.05) is 13.2 Å². The van der Waals surface area contributed by atoms with Crippen molar-refractivity contribution in [1.29, 1.82) is 0 Å². The van der Waals surface area contributed by atoms with Gasteiger partial charge in [0.05, 0.1) is 13.2 Å². The number of hydrogen-bond donors (Lipinski definition) is 0. The summed E-state index contributed by atoms with van der Waals surface area (Å²) in [5.74, 6) is -0.179. The number of carbonyl (C=O) groups excluding carboxylic acids is 1. The Morgan fingerprint density at radius 1 is 1.05 bits per heavy atom. The lowest BCUT2D eigenvalue weighted by Crippen LogP contribution is -2.33. The van der Waals surface area contributed by atoms with Crippen molar-refractivity contribution in [3.05, 3.63) is 71.8 Å². The zero-order valence-corrected chi connectivity index (χ0v) is 13.2. The number of nitrogens with zero attached hydrogens (tertiary/aromatic N) is 1. The van der Waals surface area contributed by atoms with Gasteiger partial charge in [0, 0.05) is 12.6 Å². The number of carbonyl (C=O) groups is 1. The summed E-state index contributed by atoms with van der Waals surface area (Å²) in [6.45, 7) is 5.38. The van der Waals surface area contributed by atoms with Crippen LogP contribution in [-0.2, 0) is 16.1 Å². The zero-order chi connectivity index (χ0) is 15.8. The SMILES string of the molecule is CCOC(=O)CN(Cc1ccccc1)C(C)c1ccccc1. The van der Waals surface area contributed by atoms with Gasteiger partial charge in [0.1, 0.15) is 0 Å². The average Bonchev–Trinajstić information content (AvgIpc) is 2.55. The van der Waals surface area contributed by atoms with Gasteiger partial charge >= 0.3 is 5.97 Å². The van der Waals surface area contributed by atoms with Crippen molar-refractivity contribution in [2.45, 2.75) is 26.4 Å². The van der Waals surface area contributed by atoms with Gasteiger partial charge in [-0.25, -0.2) is 0 Å². The van der Waals surface area contributed by atoms with Crippen LogP contribution in [-0.4, -0.2) is 24.0 Å². The van der Waals surface area contributed by atoms with Gasteiger partial charge in [-0.2, -0.15) is 0 Å². The second-order valence-electron chi connectivity index (χ2n) is 5.28. The molecule has 3 heteroatoms. The van der Waals surface area contributed by atoms with E-state index in [1.54, 1.807) is 0 Å². The first-order valence-corrected chi connectivity index (χ1v) is 7.69. The first kappa shape index (κ1) is 16.2. The molecule has 0 amide bonds. The molecule has 22 heavy (non-hydrogen) atoms. The fourth-order valence-electron chi connectivity index (χ4n) is 2.46. The van der Waals surface area contributed by atoms with Gasteiger partial charge in [0.2, 0.25) is 0 Å². The highest BCUT2D eigenvalue weighted by Crippen LogP contribution is 2.22. The molecule has 0 saturated carbocycles. The molecular formula is C19H23NO2. The summed E-state index contributed by atoms with van der Waals surface area (Å²) >= 11 is 0. The molecule has 0 aromatic heterocycles. The van der Waals surface area contributed by atoms with Crippen LogP contribution in [0.15, 0.2) is 60.7 Å². The van der Waals surface area contributed by atoms with Gasteiger partial charge < -0.3 is 4.74 Å². The van der Waals surface area contributed by atoms with E-state index in [1.807, 2.05) is 43.3 Å². The van der Waals surface area contributed by atoms with Gasteiger partial charge in [-0.05, 0) is 25.0 Å². The monoisotopic (exact) mass is 297 g/mol. The summed E-state index contributed by atoms with van der Waals surface area (Å²) in [5, 5.41) is 0. The van der Waals surface area contributed by atoms with E-state index in [9.17, 15) is 4.79 Å². The quantitative estimate of drug-likeness (QED) is 0.728. The second-order valence-corrected chi connectivity index (χ2v) is 5.28. The van der Waals surface area contributed by atoms with E-state index in [0.717, 1.165) is 6.54 Å². The van der Waals surface area contributed by atoms with E-state index >= 15 is 0 Å². The fourth-order valence-corrected chi connectivity index (χ4v) is 2.46. The van der Waals surface area contributed by atoms with Gasteiger partial charge in [-0.1, -0.05) is 60.7 Å². The molecule has 0 N–H and O–H groups in total. The van der Waals surface area contributed by atoms with Crippen molar-refractivity contribution < 1.29 is 9.53 Å². The molecule has 1 unspecified atom stereocenters. The van der Waals surface area contributed by atoms with Crippen LogP contribution in [0.3, 0.4) is 0 Å². The van der Waals surface area contributed by atoms with Gasteiger partial charge in [0.15, 0.2) is 0 Å². The molecule has 116 valence electrons. The first-order chi connectivity index (χ1) is 10.7. The summed E-state index contributed by atoms with van der Waals surface area (Å²) in [4.78, 5) is 14.1. The maximum atomic E-state index is 11.9. The van der Waals surface area contributed by atoms with Crippen molar-refractivity contribution >= 4 is 5.97 Å². The van der Waals surface area contributed by atoms with Crippen molar-refractivity contribution in [1.82, 2.24) is 4.90 Å². The molecule has 0 fully saturated rings. The van der Waals surface area contributed by atoms with Crippen LogP contribution in [0.4, 0.5) is 0 Å². The largest absolute Gasteiger partial charge is 0.465 e. The molecule has 3 nitrogen and oxygen atoms in total. The summed E-state index contributed by atoms with van der Waals surface area (Å²) in [6.07, 6.45) is 0. The lowest BCUT2D eigenvalue weighted by Gasteiger charge is -2.28. The van der Waals surface area contributed by atoms with Crippen LogP contribution in [0, 0.1) is 0 Å². The molecule has 0 aliphatic heterocycles. The van der Waals surface area contributed by atoms with Crippen LogP contribution in [0.2, 0.25) is 0 Å². The minimum Gasteiger partial charge on any atom is -0.465 e. The standard InChI is InChI=1S/C19H23NO2/c1-3-22-19(21)15-20(14-17-10-6-4-7-11-17)16(2)18-12-8-5-9-13-18/h4-13,16H,3,14-15H2,1-2H3. The number of hydrogen-bond acceptors (Lipinski definition) is 3. The van der Waals surface area contributed by atoms with Crippen molar-refractivity contribution in [2.24, 2.45) is 0 Å². The lowest BCUT2D eigenvalue weighted by molar-refractivity contribution is -0.145. The van der Waals surface area contributed by atoms with Crippen LogP contribution < -0.4 is 0 Å². The van der Waals surface area contributed by atoms with Gasteiger partial charge in [-0.15, -0.1) is 0 Å². The van der Waals surface area contributed by atoms with Crippen molar-refractivity contribution in [3.63, 3.8) is 0 Å². The van der Waals surface area contributed by atoms with Crippen LogP contribution in [0.25, 0.3) is 0 Å². The molecule has 0 aliphatic carbocycles. The molecule has 0 saturated heterocycles. The Balaban J connectivity index is 2.15. The molecular weight excluding hydrogens is 274 g/mol. The first-order valence-electron chi connectivity index (χ1n) is 7.69. The van der Waals surface area contributed by atoms with Crippen molar-refractivity contribution in [3.8, 4) is 0 Å². The Labute approximate surface area is 132 Å². The Bertz CT molecular complexity index is 569. The van der Waals surface area contributed by atoms with Gasteiger partial charge in [-0.3, -0.25) is 9.69 Å². The molecule has 2 aromatic rings. The predicted molar refractivity (Wildman–Crippen MR) is 88.3 cm³/mol. The molecule has 0 spiro atoms. The molecule has 2 aromatic carbocycles. The van der Waals surface area contributed by atoms with E-state index in [-0.39, 0.29) is 12.0 Å². The van der Waals surface area contributed by atoms with Gasteiger partial charge in [0.25, 0.3) is 0 Å². The molecule has 1 atom stereocenters. The second kappa shape index (κ2) is 8.35. The number of benzene rings is 2. The fraction of sp³-hybridized carbons (Fsp3) is 0.316. The average molecular weight is 297 g/mol. The highest BCUT2D eigenvalue weighted by atomic mass is 16.5. The smallest absolute Gasteiger partial charge is 0.320 e. The zero-order valence-electron chi connectivity index (χ0n) is 13.2. The van der Waals surface area contributed by atoms with E-state index in [4.69, 9.17) is 4.74 Å². The van der Waals surface area contributed by atoms with Crippen LogP contribution in [0.1, 0.15) is 31.0 Å². The molecule has 0 aliphatic rings. The number of ether oxygens (including phenoxy) is 1. The maximum Gasteiger partial charge on any atom is 0.320 e. The maximum absolute atomic E-state index is 11.9. The Morgan fingerprint density at radius 2 is 1.64 bits per heavy atom. The van der Waals surface area contributed by atoms with Crippen LogP contribution >= 0.6 is 0 Å². The molecule has 0 bridgehead atoms. The Hall–Kier alpha value is -2.13. The normalized spacial score (nSPS) is 12.1. The third-order valence-corrected chi connectivity index (χ3v) is 3.70. The minimum atomic E-state index is -0.179. The summed E-state index contributed by atoms with van der Waals surface area (Å²) in [7, 11) is 0. The molecule has 0 heterocycles. The highest BCUT2D eigenvalue weighted by Gasteiger charge is 2.19.